The molecule has 0 saturated carbocycles. The highest BCUT2D eigenvalue weighted by Gasteiger charge is 2.36. The largest absolute Gasteiger partial charge is 0.507 e. The third kappa shape index (κ3) is 3.89. The molecule has 0 fully saturated rings. The second-order valence-electron chi connectivity index (χ2n) is 8.26. The van der Waals surface area contributed by atoms with Gasteiger partial charge < -0.3 is 14.6 Å². The number of nitrogens with zero attached hydrogens (tertiary/aromatic N) is 2. The van der Waals surface area contributed by atoms with Gasteiger partial charge >= 0.3 is 5.97 Å². The van der Waals surface area contributed by atoms with Crippen LogP contribution in [0.1, 0.15) is 31.0 Å². The van der Waals surface area contributed by atoms with Crippen LogP contribution in [-0.4, -0.2) is 29.4 Å². The predicted octanol–water partition coefficient (Wildman–Crippen LogP) is 3.67. The monoisotopic (exact) mass is 500 g/mol. The smallest absolute Gasteiger partial charge is 0.338 e. The molecule has 2 heterocycles. The van der Waals surface area contributed by atoms with E-state index in [4.69, 9.17) is 9.47 Å². The fraction of sp³-hybridized carbons (Fsp3) is 0.179. The highest BCUT2D eigenvalue weighted by Crippen LogP contribution is 2.40. The third-order valence-electron chi connectivity index (χ3n) is 6.16. The number of allylic oxidation sites excluding steroid dienone is 1. The Hall–Kier alpha value is -4.17. The van der Waals surface area contributed by atoms with Crippen molar-refractivity contribution in [2.24, 2.45) is 4.99 Å². The Morgan fingerprint density at radius 2 is 1.89 bits per heavy atom. The summed E-state index contributed by atoms with van der Waals surface area (Å²) in [4.78, 5) is 32.2. The van der Waals surface area contributed by atoms with Gasteiger partial charge in [-0.2, -0.15) is 0 Å². The van der Waals surface area contributed by atoms with Gasteiger partial charge in [-0.1, -0.05) is 59.9 Å². The first-order valence-electron chi connectivity index (χ1n) is 11.5. The van der Waals surface area contributed by atoms with E-state index in [0.29, 0.717) is 31.9 Å². The molecule has 36 heavy (non-hydrogen) atoms. The van der Waals surface area contributed by atoms with Crippen LogP contribution in [0.4, 0.5) is 0 Å². The van der Waals surface area contributed by atoms with Crippen molar-refractivity contribution in [2.75, 3.05) is 13.7 Å². The van der Waals surface area contributed by atoms with Crippen molar-refractivity contribution in [1.82, 2.24) is 4.57 Å². The number of hydrogen-bond acceptors (Lipinski definition) is 7. The van der Waals surface area contributed by atoms with Crippen LogP contribution in [0.3, 0.4) is 0 Å². The van der Waals surface area contributed by atoms with E-state index in [1.807, 2.05) is 36.4 Å². The molecular weight excluding hydrogens is 476 g/mol. The summed E-state index contributed by atoms with van der Waals surface area (Å²) < 4.78 is 13.1. The molecule has 1 atom stereocenters. The first kappa shape index (κ1) is 23.6. The van der Waals surface area contributed by atoms with E-state index in [2.05, 4.69) is 4.99 Å². The van der Waals surface area contributed by atoms with Crippen LogP contribution in [-0.2, 0) is 9.53 Å². The number of carbonyl (C=O) groups is 1. The van der Waals surface area contributed by atoms with Gasteiger partial charge in [-0.15, -0.1) is 0 Å². The van der Waals surface area contributed by atoms with Gasteiger partial charge in [-0.3, -0.25) is 9.36 Å². The molecule has 1 aliphatic heterocycles. The lowest BCUT2D eigenvalue weighted by atomic mass is 9.90. The van der Waals surface area contributed by atoms with E-state index in [0.717, 1.165) is 10.8 Å². The third-order valence-corrected chi connectivity index (χ3v) is 7.15. The number of phenols is 1. The Kier molecular flexibility index (Phi) is 6.20. The van der Waals surface area contributed by atoms with Gasteiger partial charge in [-0.25, -0.2) is 9.79 Å². The number of esters is 1. The van der Waals surface area contributed by atoms with Gasteiger partial charge in [0.1, 0.15) is 17.5 Å². The number of hydrogen-bond donors (Lipinski definition) is 1. The highest BCUT2D eigenvalue weighted by atomic mass is 32.1. The van der Waals surface area contributed by atoms with Crippen molar-refractivity contribution in [3.63, 3.8) is 0 Å². The lowest BCUT2D eigenvalue weighted by Gasteiger charge is -2.27. The minimum atomic E-state index is -0.812. The van der Waals surface area contributed by atoms with Crippen LogP contribution in [0.5, 0.6) is 11.5 Å². The Morgan fingerprint density at radius 3 is 2.64 bits per heavy atom. The van der Waals surface area contributed by atoms with Gasteiger partial charge in [0.25, 0.3) is 5.56 Å². The number of para-hydroxylation sites is 1. The zero-order chi connectivity index (χ0) is 25.4. The molecular formula is C28H24N2O5S. The van der Waals surface area contributed by atoms with Gasteiger partial charge in [0.15, 0.2) is 4.80 Å². The maximum absolute atomic E-state index is 13.9. The molecule has 4 aromatic rings. The van der Waals surface area contributed by atoms with Gasteiger partial charge in [0.2, 0.25) is 0 Å². The number of ether oxygens (including phenoxy) is 2. The molecule has 1 aromatic heterocycles. The van der Waals surface area contributed by atoms with Crippen molar-refractivity contribution >= 4 is 34.2 Å². The lowest BCUT2D eigenvalue weighted by Crippen LogP contribution is -2.40. The lowest BCUT2D eigenvalue weighted by molar-refractivity contribution is -0.139. The number of phenolic OH excluding ortho intramolecular Hbond substituents is 1. The molecule has 3 aromatic carbocycles. The van der Waals surface area contributed by atoms with Crippen LogP contribution in [0.25, 0.3) is 16.8 Å². The van der Waals surface area contributed by atoms with Crippen molar-refractivity contribution in [3.8, 4) is 11.5 Å². The van der Waals surface area contributed by atoms with Gasteiger partial charge in [0.05, 0.1) is 29.5 Å². The summed E-state index contributed by atoms with van der Waals surface area (Å²) >= 11 is 1.20. The van der Waals surface area contributed by atoms with E-state index in [1.165, 1.54) is 15.9 Å². The second-order valence-corrected chi connectivity index (χ2v) is 9.27. The topological polar surface area (TPSA) is 90.1 Å². The van der Waals surface area contributed by atoms with Crippen LogP contribution in [0, 0.1) is 0 Å². The van der Waals surface area contributed by atoms with Crippen LogP contribution < -0.4 is 19.6 Å². The summed E-state index contributed by atoms with van der Waals surface area (Å²) in [5, 5.41) is 12.1. The number of carbonyl (C=O) groups excluding carboxylic acids is 1. The van der Waals surface area contributed by atoms with Gasteiger partial charge in [-0.05, 0) is 42.8 Å². The number of benzene rings is 3. The molecule has 0 spiro atoms. The Morgan fingerprint density at radius 1 is 1.14 bits per heavy atom. The number of fused-ring (bicyclic) bond motifs is 2. The first-order valence-corrected chi connectivity index (χ1v) is 12.3. The first-order chi connectivity index (χ1) is 17.4. The van der Waals surface area contributed by atoms with E-state index >= 15 is 0 Å². The molecule has 1 aliphatic rings. The van der Waals surface area contributed by atoms with Crippen molar-refractivity contribution < 1.29 is 19.4 Å². The highest BCUT2D eigenvalue weighted by molar-refractivity contribution is 7.07. The molecule has 0 amide bonds. The second kappa shape index (κ2) is 9.47. The fourth-order valence-electron chi connectivity index (χ4n) is 4.55. The summed E-state index contributed by atoms with van der Waals surface area (Å²) in [6.07, 6.45) is 1.64. The number of thiazole rings is 1. The number of aromatic nitrogens is 1. The summed E-state index contributed by atoms with van der Waals surface area (Å²) in [6.45, 7) is 3.67. The zero-order valence-corrected chi connectivity index (χ0v) is 20.8. The maximum Gasteiger partial charge on any atom is 0.338 e. The molecule has 1 unspecified atom stereocenters. The van der Waals surface area contributed by atoms with E-state index in [-0.39, 0.29) is 23.5 Å². The Labute approximate surface area is 210 Å². The van der Waals surface area contributed by atoms with Crippen molar-refractivity contribution in [3.05, 3.63) is 103 Å². The molecule has 182 valence electrons. The van der Waals surface area contributed by atoms with E-state index < -0.39 is 12.0 Å². The SMILES string of the molecule is CCOC(=O)C1=C(C)N=c2s/c(=C/c3ccccc3O)c(=O)n2C1c1c(OC)ccc2ccccc12. The fourth-order valence-corrected chi connectivity index (χ4v) is 5.59. The summed E-state index contributed by atoms with van der Waals surface area (Å²) in [6, 6.07) is 17.5. The molecule has 1 N–H and O–H groups in total. The molecule has 8 heteroatoms. The molecule has 0 bridgehead atoms. The average Bonchev–Trinajstić information content (AvgIpc) is 3.18. The maximum atomic E-state index is 13.9. The molecule has 0 saturated heterocycles. The Bertz CT molecular complexity index is 1710. The average molecular weight is 501 g/mol. The standard InChI is InChI=1S/C28H24N2O5S/c1-4-35-27(33)23-16(2)29-28-30(26(32)22(36-28)15-18-10-6-8-12-20(18)31)25(23)24-19-11-7-5-9-17(19)13-14-21(24)34-3/h5-15,25,31H,4H2,1-3H3/b22-15+. The van der Waals surface area contributed by atoms with E-state index in [1.54, 1.807) is 51.3 Å². The van der Waals surface area contributed by atoms with Crippen LogP contribution in [0.2, 0.25) is 0 Å². The van der Waals surface area contributed by atoms with Gasteiger partial charge in [0, 0.05) is 11.1 Å². The predicted molar refractivity (Wildman–Crippen MR) is 139 cm³/mol. The summed E-state index contributed by atoms with van der Waals surface area (Å²) in [5.41, 5.74) is 1.64. The quantitative estimate of drug-likeness (QED) is 0.423. The number of aromatic hydroxyl groups is 1. The van der Waals surface area contributed by atoms with Crippen molar-refractivity contribution in [1.29, 1.82) is 0 Å². The summed E-state index contributed by atoms with van der Waals surface area (Å²) in [7, 11) is 1.57. The van der Waals surface area contributed by atoms with E-state index in [9.17, 15) is 14.7 Å². The molecule has 7 nitrogen and oxygen atoms in total. The Balaban J connectivity index is 1.87. The number of methoxy groups -OCH3 is 1. The molecule has 0 radical (unpaired) electrons. The van der Waals surface area contributed by atoms with Crippen LogP contribution in [0.15, 0.2) is 81.7 Å². The minimum absolute atomic E-state index is 0.0685. The zero-order valence-electron chi connectivity index (χ0n) is 20.0. The number of rotatable bonds is 5. The van der Waals surface area contributed by atoms with Crippen LogP contribution >= 0.6 is 11.3 Å². The normalized spacial score (nSPS) is 15.5. The minimum Gasteiger partial charge on any atom is -0.507 e. The molecule has 0 aliphatic carbocycles. The molecule has 5 rings (SSSR count). The summed E-state index contributed by atoms with van der Waals surface area (Å²) in [5.74, 6) is 0.0817. The van der Waals surface area contributed by atoms with Crippen molar-refractivity contribution in [2.45, 2.75) is 19.9 Å².